The highest BCUT2D eigenvalue weighted by Crippen LogP contribution is 2.27. The Hall–Kier alpha value is -1.39. The average molecular weight is 245 g/mol. The van der Waals surface area contributed by atoms with Gasteiger partial charge in [-0.05, 0) is 44.0 Å². The van der Waals surface area contributed by atoms with Gasteiger partial charge in [-0.25, -0.2) is 4.98 Å². The van der Waals surface area contributed by atoms with Crippen molar-refractivity contribution in [1.82, 2.24) is 9.38 Å². The van der Waals surface area contributed by atoms with Gasteiger partial charge in [0.1, 0.15) is 0 Å². The first-order valence-electron chi connectivity index (χ1n) is 5.85. The number of imidazole rings is 1. The fourth-order valence-electron chi connectivity index (χ4n) is 2.12. The van der Waals surface area contributed by atoms with Crippen molar-refractivity contribution < 1.29 is 0 Å². The van der Waals surface area contributed by atoms with Crippen molar-refractivity contribution in [3.8, 4) is 0 Å². The zero-order valence-corrected chi connectivity index (χ0v) is 10.6. The van der Waals surface area contributed by atoms with Crippen molar-refractivity contribution in [2.75, 3.05) is 6.54 Å². The first-order valence-corrected chi connectivity index (χ1v) is 6.67. The summed E-state index contributed by atoms with van der Waals surface area (Å²) < 4.78 is 3.48. The molecule has 0 bridgehead atoms. The first-order chi connectivity index (χ1) is 8.28. The predicted molar refractivity (Wildman–Crippen MR) is 72.7 cm³/mol. The molecule has 0 aliphatic heterocycles. The van der Waals surface area contributed by atoms with Gasteiger partial charge in [-0.15, -0.1) is 0 Å². The lowest BCUT2D eigenvalue weighted by Gasteiger charge is -1.99. The van der Waals surface area contributed by atoms with Crippen LogP contribution in [0.5, 0.6) is 0 Å². The van der Waals surface area contributed by atoms with E-state index in [0.717, 1.165) is 30.0 Å². The van der Waals surface area contributed by atoms with Crippen molar-refractivity contribution in [3.63, 3.8) is 0 Å². The highest BCUT2D eigenvalue weighted by atomic mass is 32.1. The van der Waals surface area contributed by atoms with Crippen LogP contribution in [0.1, 0.15) is 17.7 Å². The minimum Gasteiger partial charge on any atom is -0.330 e. The van der Waals surface area contributed by atoms with Gasteiger partial charge in [0.15, 0.2) is 4.96 Å². The van der Waals surface area contributed by atoms with Crippen LogP contribution in [0.2, 0.25) is 0 Å². The quantitative estimate of drug-likeness (QED) is 0.771. The second kappa shape index (κ2) is 4.13. The van der Waals surface area contributed by atoms with Crippen LogP contribution in [0, 0.1) is 6.92 Å². The number of aryl methyl sites for hydroxylation is 2. The summed E-state index contributed by atoms with van der Waals surface area (Å²) in [5.74, 6) is 0. The SMILES string of the molecule is Cc1cn2c(n1)sc1cc(CCCN)ccc12. The van der Waals surface area contributed by atoms with Gasteiger partial charge in [0.2, 0.25) is 0 Å². The third-order valence-corrected chi connectivity index (χ3v) is 3.97. The fraction of sp³-hybridized carbons (Fsp3) is 0.308. The van der Waals surface area contributed by atoms with Crippen LogP contribution in [0.3, 0.4) is 0 Å². The molecule has 3 aromatic rings. The molecule has 0 fully saturated rings. The van der Waals surface area contributed by atoms with Crippen molar-refractivity contribution in [1.29, 1.82) is 0 Å². The van der Waals surface area contributed by atoms with E-state index in [9.17, 15) is 0 Å². The van der Waals surface area contributed by atoms with Gasteiger partial charge >= 0.3 is 0 Å². The number of thiazole rings is 1. The van der Waals surface area contributed by atoms with Crippen molar-refractivity contribution >= 4 is 26.5 Å². The Balaban J connectivity index is 2.10. The summed E-state index contributed by atoms with van der Waals surface area (Å²) in [5.41, 5.74) is 9.23. The Morgan fingerprint density at radius 1 is 1.41 bits per heavy atom. The molecule has 0 aliphatic rings. The Kier molecular flexibility index (Phi) is 2.61. The molecule has 88 valence electrons. The van der Waals surface area contributed by atoms with Gasteiger partial charge in [0.05, 0.1) is 15.9 Å². The zero-order chi connectivity index (χ0) is 11.8. The van der Waals surface area contributed by atoms with Crippen molar-refractivity contribution in [3.05, 3.63) is 35.7 Å². The number of aromatic nitrogens is 2. The molecule has 4 heteroatoms. The summed E-state index contributed by atoms with van der Waals surface area (Å²) in [5, 5.41) is 0. The number of benzene rings is 1. The molecule has 0 unspecified atom stereocenters. The first kappa shape index (κ1) is 10.7. The number of rotatable bonds is 3. The van der Waals surface area contributed by atoms with Crippen LogP contribution < -0.4 is 5.73 Å². The Morgan fingerprint density at radius 2 is 2.29 bits per heavy atom. The van der Waals surface area contributed by atoms with E-state index in [4.69, 9.17) is 5.73 Å². The Bertz CT molecular complexity index is 666. The van der Waals surface area contributed by atoms with Crippen LogP contribution in [-0.2, 0) is 6.42 Å². The van der Waals surface area contributed by atoms with E-state index in [0.29, 0.717) is 0 Å². The highest BCUT2D eigenvalue weighted by molar-refractivity contribution is 7.23. The lowest BCUT2D eigenvalue weighted by atomic mass is 10.1. The average Bonchev–Trinajstić information content (AvgIpc) is 2.81. The summed E-state index contributed by atoms with van der Waals surface area (Å²) in [4.78, 5) is 5.58. The van der Waals surface area contributed by atoms with E-state index < -0.39 is 0 Å². The minimum atomic E-state index is 0.755. The molecule has 0 aliphatic carbocycles. The molecule has 1 aromatic carbocycles. The molecule has 2 heterocycles. The van der Waals surface area contributed by atoms with Gasteiger partial charge < -0.3 is 5.73 Å². The molecular weight excluding hydrogens is 230 g/mol. The van der Waals surface area contributed by atoms with Gasteiger partial charge in [-0.3, -0.25) is 4.40 Å². The monoisotopic (exact) mass is 245 g/mol. The van der Waals surface area contributed by atoms with Gasteiger partial charge in [-0.2, -0.15) is 0 Å². The van der Waals surface area contributed by atoms with Crippen LogP contribution in [-0.4, -0.2) is 15.9 Å². The van der Waals surface area contributed by atoms with E-state index in [-0.39, 0.29) is 0 Å². The maximum atomic E-state index is 5.54. The summed E-state index contributed by atoms with van der Waals surface area (Å²) in [6.45, 7) is 2.78. The minimum absolute atomic E-state index is 0.755. The lowest BCUT2D eigenvalue weighted by Crippen LogP contribution is -2.00. The second-order valence-electron chi connectivity index (χ2n) is 4.33. The van der Waals surface area contributed by atoms with Crippen LogP contribution >= 0.6 is 11.3 Å². The third kappa shape index (κ3) is 1.83. The van der Waals surface area contributed by atoms with Crippen LogP contribution in [0.15, 0.2) is 24.4 Å². The number of hydrogen-bond acceptors (Lipinski definition) is 3. The maximum absolute atomic E-state index is 5.54. The highest BCUT2D eigenvalue weighted by Gasteiger charge is 2.07. The van der Waals surface area contributed by atoms with Gasteiger partial charge in [0, 0.05) is 6.20 Å². The molecule has 3 rings (SSSR count). The van der Waals surface area contributed by atoms with E-state index in [2.05, 4.69) is 33.8 Å². The molecule has 17 heavy (non-hydrogen) atoms. The summed E-state index contributed by atoms with van der Waals surface area (Å²) in [6.07, 6.45) is 4.20. The van der Waals surface area contributed by atoms with Crippen molar-refractivity contribution in [2.24, 2.45) is 5.73 Å². The number of nitrogens with two attached hydrogens (primary N) is 1. The lowest BCUT2D eigenvalue weighted by molar-refractivity contribution is 0.833. The fourth-order valence-corrected chi connectivity index (χ4v) is 3.24. The molecule has 0 saturated heterocycles. The molecule has 0 atom stereocenters. The van der Waals surface area contributed by atoms with Gasteiger partial charge in [0.25, 0.3) is 0 Å². The standard InChI is InChI=1S/C13H15N3S/c1-9-8-16-11-5-4-10(3-2-6-14)7-12(11)17-13(16)15-9/h4-5,7-8H,2-3,6,14H2,1H3. The van der Waals surface area contributed by atoms with E-state index in [1.54, 1.807) is 11.3 Å². The summed E-state index contributed by atoms with van der Waals surface area (Å²) in [6, 6.07) is 6.64. The molecular formula is C13H15N3S. The van der Waals surface area contributed by atoms with E-state index >= 15 is 0 Å². The van der Waals surface area contributed by atoms with Gasteiger partial charge in [-0.1, -0.05) is 17.4 Å². The van der Waals surface area contributed by atoms with Crippen molar-refractivity contribution in [2.45, 2.75) is 19.8 Å². The molecule has 2 aromatic heterocycles. The topological polar surface area (TPSA) is 43.3 Å². The zero-order valence-electron chi connectivity index (χ0n) is 9.81. The predicted octanol–water partition coefficient (Wildman–Crippen LogP) is 2.75. The molecule has 2 N–H and O–H groups in total. The van der Waals surface area contributed by atoms with Crippen LogP contribution in [0.4, 0.5) is 0 Å². The molecule has 0 spiro atoms. The summed E-state index contributed by atoms with van der Waals surface area (Å²) in [7, 11) is 0. The van der Waals surface area contributed by atoms with Crippen LogP contribution in [0.25, 0.3) is 15.2 Å². The smallest absolute Gasteiger partial charge is 0.194 e. The molecule has 0 saturated carbocycles. The normalized spacial score (nSPS) is 11.6. The Morgan fingerprint density at radius 3 is 3.12 bits per heavy atom. The number of hydrogen-bond donors (Lipinski definition) is 1. The number of fused-ring (bicyclic) bond motifs is 3. The largest absolute Gasteiger partial charge is 0.330 e. The number of nitrogens with zero attached hydrogens (tertiary/aromatic N) is 2. The van der Waals surface area contributed by atoms with E-state index in [1.807, 2.05) is 6.92 Å². The third-order valence-electron chi connectivity index (χ3n) is 2.95. The second-order valence-corrected chi connectivity index (χ2v) is 5.34. The maximum Gasteiger partial charge on any atom is 0.194 e. The van der Waals surface area contributed by atoms with E-state index in [1.165, 1.54) is 15.8 Å². The Labute approximate surface area is 104 Å². The molecule has 0 radical (unpaired) electrons. The summed E-state index contributed by atoms with van der Waals surface area (Å²) >= 11 is 1.75. The molecule has 0 amide bonds. The molecule has 3 nitrogen and oxygen atoms in total.